The van der Waals surface area contributed by atoms with Gasteiger partial charge in [0.05, 0.1) is 0 Å². The van der Waals surface area contributed by atoms with Gasteiger partial charge in [-0.1, -0.05) is 25.1 Å². The first-order valence-electron chi connectivity index (χ1n) is 12.2. The molecule has 3 N–H and O–H groups in total. The van der Waals surface area contributed by atoms with Gasteiger partial charge in [0.2, 0.25) is 11.7 Å². The Kier molecular flexibility index (Phi) is 9.58. The lowest BCUT2D eigenvalue weighted by atomic mass is 10.0. The predicted molar refractivity (Wildman–Crippen MR) is 138 cm³/mol. The Labute approximate surface area is 212 Å². The van der Waals surface area contributed by atoms with Gasteiger partial charge in [-0.25, -0.2) is 0 Å². The van der Waals surface area contributed by atoms with Crippen molar-refractivity contribution < 1.29 is 24.3 Å². The molecule has 0 aliphatic rings. The second kappa shape index (κ2) is 12.6. The van der Waals surface area contributed by atoms with Crippen LogP contribution in [0.1, 0.15) is 36.1 Å². The van der Waals surface area contributed by atoms with E-state index in [9.17, 15) is 9.90 Å². The molecule has 1 atom stereocenters. The number of carbonyl (C=O) groups is 1. The van der Waals surface area contributed by atoms with Crippen LogP contribution in [-0.4, -0.2) is 71.1 Å². The van der Waals surface area contributed by atoms with Crippen LogP contribution >= 0.6 is 0 Å². The number of nitrogens with zero attached hydrogens (tertiary/aromatic N) is 3. The number of aliphatic hydroxyl groups is 2. The molecule has 3 aromatic rings. The maximum absolute atomic E-state index is 11.2. The minimum absolute atomic E-state index is 0.000507. The van der Waals surface area contributed by atoms with Gasteiger partial charge in [-0.3, -0.25) is 4.79 Å². The molecule has 0 aliphatic carbocycles. The highest BCUT2D eigenvalue weighted by atomic mass is 16.5. The standard InChI is InChI=1S/C27H36N4O5/c1-6-18-11-20(8-9-21(18)14-31(4)5)27-29-26(30-36-27)22-10-17(3)25(19(7-2)12-22)35-16-23(33)13-28-24(34)15-32/h8-12,23,32-33H,6-7,13-16H2,1-5H3,(H,28,34)/t23-/m0/s1. The summed E-state index contributed by atoms with van der Waals surface area (Å²) in [5, 5.41) is 25.5. The molecule has 0 unspecified atom stereocenters. The molecule has 0 fully saturated rings. The quantitative estimate of drug-likeness (QED) is 0.350. The van der Waals surface area contributed by atoms with Gasteiger partial charge in [-0.2, -0.15) is 4.98 Å². The minimum Gasteiger partial charge on any atom is -0.490 e. The van der Waals surface area contributed by atoms with Crippen molar-refractivity contribution in [3.05, 3.63) is 52.6 Å². The van der Waals surface area contributed by atoms with Crippen molar-refractivity contribution in [2.45, 2.75) is 46.3 Å². The highest BCUT2D eigenvalue weighted by molar-refractivity contribution is 5.76. The number of carbonyl (C=O) groups excluding carboxylic acids is 1. The molecule has 1 aromatic heterocycles. The lowest BCUT2D eigenvalue weighted by Crippen LogP contribution is -2.36. The molecular formula is C27H36N4O5. The maximum atomic E-state index is 11.2. The second-order valence-electron chi connectivity index (χ2n) is 9.06. The highest BCUT2D eigenvalue weighted by Gasteiger charge is 2.17. The molecule has 9 nitrogen and oxygen atoms in total. The van der Waals surface area contributed by atoms with Crippen LogP contribution in [0.3, 0.4) is 0 Å². The van der Waals surface area contributed by atoms with Crippen molar-refractivity contribution in [3.63, 3.8) is 0 Å². The number of aromatic nitrogens is 2. The van der Waals surface area contributed by atoms with Crippen molar-refractivity contribution in [2.24, 2.45) is 0 Å². The predicted octanol–water partition coefficient (Wildman–Crippen LogP) is 2.75. The van der Waals surface area contributed by atoms with E-state index in [4.69, 9.17) is 14.4 Å². The number of aryl methyl sites for hydroxylation is 3. The number of hydrogen-bond acceptors (Lipinski definition) is 8. The van der Waals surface area contributed by atoms with E-state index in [-0.39, 0.29) is 13.2 Å². The third-order valence-electron chi connectivity index (χ3n) is 5.84. The summed E-state index contributed by atoms with van der Waals surface area (Å²) in [6.45, 7) is 6.35. The second-order valence-corrected chi connectivity index (χ2v) is 9.06. The van der Waals surface area contributed by atoms with Crippen LogP contribution in [-0.2, 0) is 24.2 Å². The van der Waals surface area contributed by atoms with Crippen LogP contribution < -0.4 is 10.1 Å². The first kappa shape index (κ1) is 27.3. The lowest BCUT2D eigenvalue weighted by molar-refractivity contribution is -0.124. The number of rotatable bonds is 12. The molecule has 36 heavy (non-hydrogen) atoms. The Balaban J connectivity index is 1.78. The number of hydrogen-bond donors (Lipinski definition) is 3. The fourth-order valence-corrected chi connectivity index (χ4v) is 4.01. The van der Waals surface area contributed by atoms with Crippen molar-refractivity contribution in [1.82, 2.24) is 20.4 Å². The molecule has 0 bridgehead atoms. The van der Waals surface area contributed by atoms with E-state index in [1.54, 1.807) is 0 Å². The summed E-state index contributed by atoms with van der Waals surface area (Å²) in [5.74, 6) is 1.11. The maximum Gasteiger partial charge on any atom is 0.258 e. The van der Waals surface area contributed by atoms with Crippen LogP contribution in [0.15, 0.2) is 34.9 Å². The molecule has 1 heterocycles. The summed E-state index contributed by atoms with van der Waals surface area (Å²) >= 11 is 0. The molecular weight excluding hydrogens is 460 g/mol. The van der Waals surface area contributed by atoms with Gasteiger partial charge >= 0.3 is 0 Å². The van der Waals surface area contributed by atoms with Crippen LogP contribution in [0.2, 0.25) is 0 Å². The third-order valence-corrected chi connectivity index (χ3v) is 5.84. The summed E-state index contributed by atoms with van der Waals surface area (Å²) in [6, 6.07) is 10.1. The van der Waals surface area contributed by atoms with Crippen molar-refractivity contribution in [3.8, 4) is 28.6 Å². The average Bonchev–Trinajstić information content (AvgIpc) is 3.36. The highest BCUT2D eigenvalue weighted by Crippen LogP contribution is 2.31. The van der Waals surface area contributed by atoms with Crippen LogP contribution in [0.5, 0.6) is 5.75 Å². The zero-order chi connectivity index (χ0) is 26.2. The molecule has 1 amide bonds. The van der Waals surface area contributed by atoms with Crippen LogP contribution in [0.4, 0.5) is 0 Å². The zero-order valence-corrected chi connectivity index (χ0v) is 21.7. The number of ether oxygens (including phenoxy) is 1. The zero-order valence-electron chi connectivity index (χ0n) is 21.7. The van der Waals surface area contributed by atoms with E-state index < -0.39 is 18.6 Å². The van der Waals surface area contributed by atoms with E-state index in [2.05, 4.69) is 53.5 Å². The minimum atomic E-state index is -0.902. The summed E-state index contributed by atoms with van der Waals surface area (Å²) in [6.07, 6.45) is 0.724. The van der Waals surface area contributed by atoms with Gasteiger partial charge in [0.25, 0.3) is 5.89 Å². The summed E-state index contributed by atoms with van der Waals surface area (Å²) in [4.78, 5) is 18.0. The Morgan fingerprint density at radius 2 is 1.83 bits per heavy atom. The monoisotopic (exact) mass is 496 g/mol. The Bertz CT molecular complexity index is 1170. The van der Waals surface area contributed by atoms with Gasteiger partial charge in [-0.05, 0) is 80.4 Å². The lowest BCUT2D eigenvalue weighted by Gasteiger charge is -2.17. The third kappa shape index (κ3) is 6.90. The fourth-order valence-electron chi connectivity index (χ4n) is 4.01. The van der Waals surface area contributed by atoms with E-state index in [0.29, 0.717) is 23.9 Å². The molecule has 194 valence electrons. The van der Waals surface area contributed by atoms with Gasteiger partial charge in [0.1, 0.15) is 25.1 Å². The summed E-state index contributed by atoms with van der Waals surface area (Å²) < 4.78 is 11.5. The molecule has 0 radical (unpaired) electrons. The summed E-state index contributed by atoms with van der Waals surface area (Å²) in [7, 11) is 4.11. The average molecular weight is 497 g/mol. The Morgan fingerprint density at radius 1 is 1.11 bits per heavy atom. The van der Waals surface area contributed by atoms with Gasteiger partial charge < -0.3 is 29.7 Å². The van der Waals surface area contributed by atoms with E-state index >= 15 is 0 Å². The fraction of sp³-hybridized carbons (Fsp3) is 0.444. The molecule has 9 heteroatoms. The first-order valence-corrected chi connectivity index (χ1v) is 12.2. The molecule has 0 saturated carbocycles. The topological polar surface area (TPSA) is 121 Å². The van der Waals surface area contributed by atoms with Crippen LogP contribution in [0, 0.1) is 6.92 Å². The molecule has 3 rings (SSSR count). The smallest absolute Gasteiger partial charge is 0.258 e. The van der Waals surface area contributed by atoms with Crippen molar-refractivity contribution in [1.29, 1.82) is 0 Å². The largest absolute Gasteiger partial charge is 0.490 e. The van der Waals surface area contributed by atoms with Crippen molar-refractivity contribution >= 4 is 5.91 Å². The molecule has 0 aliphatic heterocycles. The number of amides is 1. The SMILES string of the molecule is CCc1cc(-c2nc(-c3cc(C)c(OC[C@@H](O)CNC(=O)CO)c(CC)c3)no2)ccc1CN(C)C. The normalized spacial score (nSPS) is 12.1. The summed E-state index contributed by atoms with van der Waals surface area (Å²) in [5.41, 5.74) is 6.08. The van der Waals surface area contributed by atoms with Gasteiger partial charge in [-0.15, -0.1) is 0 Å². The molecule has 0 saturated heterocycles. The number of nitrogens with one attached hydrogen (secondary N) is 1. The Hall–Kier alpha value is -3.27. The number of aliphatic hydroxyl groups excluding tert-OH is 2. The van der Waals surface area contributed by atoms with Crippen LogP contribution in [0.25, 0.3) is 22.8 Å². The van der Waals surface area contributed by atoms with E-state index in [0.717, 1.165) is 35.2 Å². The van der Waals surface area contributed by atoms with Crippen molar-refractivity contribution in [2.75, 3.05) is 33.9 Å². The first-order chi connectivity index (χ1) is 17.2. The van der Waals surface area contributed by atoms with Gasteiger partial charge in [0.15, 0.2) is 0 Å². The Morgan fingerprint density at radius 3 is 2.50 bits per heavy atom. The van der Waals surface area contributed by atoms with E-state index in [1.165, 1.54) is 11.1 Å². The molecule has 2 aromatic carbocycles. The van der Waals surface area contributed by atoms with E-state index in [1.807, 2.05) is 32.0 Å². The number of benzene rings is 2. The van der Waals surface area contributed by atoms with Gasteiger partial charge in [0, 0.05) is 24.2 Å². The molecule has 0 spiro atoms.